The van der Waals surface area contributed by atoms with Crippen molar-refractivity contribution < 1.29 is 29.2 Å². The third-order valence-electron chi connectivity index (χ3n) is 4.46. The standard InChI is InChI=1S/C23H23NO6S/c1-5-30-23(27)20-21(26)19(31-22(20)24-14-8-6-13(2)7-9-14)12-16-17(25)10-15(28-3)11-18(16)29-4/h6-12,25-26H,5H2,1-4H3/b19-12+,24-22?. The molecule has 2 aromatic carbocycles. The zero-order chi connectivity index (χ0) is 22.5. The summed E-state index contributed by atoms with van der Waals surface area (Å²) in [5, 5.41) is 21.6. The van der Waals surface area contributed by atoms with Crippen LogP contribution in [0.25, 0.3) is 6.08 Å². The summed E-state index contributed by atoms with van der Waals surface area (Å²) in [5.41, 5.74) is 2.02. The van der Waals surface area contributed by atoms with Crippen molar-refractivity contribution in [2.75, 3.05) is 20.8 Å². The van der Waals surface area contributed by atoms with Gasteiger partial charge >= 0.3 is 5.97 Å². The Balaban J connectivity index is 2.10. The maximum absolute atomic E-state index is 12.5. The van der Waals surface area contributed by atoms with Crippen molar-refractivity contribution in [2.45, 2.75) is 13.8 Å². The molecule has 7 nitrogen and oxygen atoms in total. The van der Waals surface area contributed by atoms with Gasteiger partial charge < -0.3 is 24.4 Å². The third-order valence-corrected chi connectivity index (χ3v) is 5.48. The largest absolute Gasteiger partial charge is 0.507 e. The number of hydrogen-bond acceptors (Lipinski definition) is 8. The number of ether oxygens (including phenoxy) is 3. The van der Waals surface area contributed by atoms with Crippen LogP contribution in [0.2, 0.25) is 0 Å². The Bertz CT molecular complexity index is 1090. The first-order valence-corrected chi connectivity index (χ1v) is 10.3. The van der Waals surface area contributed by atoms with Gasteiger partial charge in [0.15, 0.2) is 0 Å². The van der Waals surface area contributed by atoms with Crippen LogP contribution in [0.3, 0.4) is 0 Å². The lowest BCUT2D eigenvalue weighted by Crippen LogP contribution is -2.12. The number of phenols is 1. The average molecular weight is 442 g/mol. The van der Waals surface area contributed by atoms with Crippen LogP contribution >= 0.6 is 11.8 Å². The van der Waals surface area contributed by atoms with Gasteiger partial charge in [-0.1, -0.05) is 29.5 Å². The number of rotatable bonds is 6. The van der Waals surface area contributed by atoms with Gasteiger partial charge in [-0.05, 0) is 32.1 Å². The summed E-state index contributed by atoms with van der Waals surface area (Å²) in [7, 11) is 2.94. The number of aryl methyl sites for hydroxylation is 1. The van der Waals surface area contributed by atoms with E-state index < -0.39 is 5.97 Å². The first-order chi connectivity index (χ1) is 14.9. The molecule has 31 heavy (non-hydrogen) atoms. The van der Waals surface area contributed by atoms with Crippen LogP contribution in [0, 0.1) is 6.92 Å². The molecule has 0 bridgehead atoms. The fourth-order valence-electron chi connectivity index (χ4n) is 2.88. The van der Waals surface area contributed by atoms with E-state index in [-0.39, 0.29) is 23.7 Å². The lowest BCUT2D eigenvalue weighted by molar-refractivity contribution is -0.138. The Kier molecular flexibility index (Phi) is 6.91. The lowest BCUT2D eigenvalue weighted by atomic mass is 10.1. The lowest BCUT2D eigenvalue weighted by Gasteiger charge is -2.10. The van der Waals surface area contributed by atoms with Gasteiger partial charge in [0.2, 0.25) is 0 Å². The Labute approximate surface area is 184 Å². The molecule has 0 aromatic heterocycles. The van der Waals surface area contributed by atoms with Crippen molar-refractivity contribution in [3.63, 3.8) is 0 Å². The molecule has 162 valence electrons. The van der Waals surface area contributed by atoms with E-state index in [4.69, 9.17) is 14.2 Å². The fraction of sp³-hybridized carbons (Fsp3) is 0.217. The van der Waals surface area contributed by atoms with E-state index >= 15 is 0 Å². The molecule has 3 rings (SSSR count). The molecule has 2 N–H and O–H groups in total. The second-order valence-electron chi connectivity index (χ2n) is 6.57. The summed E-state index contributed by atoms with van der Waals surface area (Å²) in [6.45, 7) is 3.81. The molecule has 1 aliphatic rings. The van der Waals surface area contributed by atoms with Gasteiger partial charge in [-0.2, -0.15) is 0 Å². The van der Waals surface area contributed by atoms with Crippen molar-refractivity contribution in [3.05, 3.63) is 63.8 Å². The topological polar surface area (TPSA) is 97.6 Å². The number of thioether (sulfide) groups is 1. The number of aromatic hydroxyl groups is 1. The predicted octanol–water partition coefficient (Wildman–Crippen LogP) is 4.91. The molecule has 0 fully saturated rings. The van der Waals surface area contributed by atoms with E-state index in [2.05, 4.69) is 4.99 Å². The number of carbonyl (C=O) groups is 1. The number of benzene rings is 2. The maximum Gasteiger partial charge on any atom is 0.344 e. The zero-order valence-corrected chi connectivity index (χ0v) is 18.4. The molecule has 0 saturated carbocycles. The SMILES string of the molecule is CCOC(=O)C1=C(O)/C(=C\c2c(O)cc(OC)cc2OC)SC1=Nc1ccc(C)cc1. The first kappa shape index (κ1) is 22.3. The summed E-state index contributed by atoms with van der Waals surface area (Å²) < 4.78 is 15.6. The zero-order valence-electron chi connectivity index (χ0n) is 17.6. The van der Waals surface area contributed by atoms with Crippen molar-refractivity contribution >= 4 is 34.5 Å². The highest BCUT2D eigenvalue weighted by atomic mass is 32.2. The van der Waals surface area contributed by atoms with Gasteiger partial charge in [0.1, 0.15) is 33.6 Å². The van der Waals surface area contributed by atoms with E-state index in [0.717, 1.165) is 17.3 Å². The number of carbonyl (C=O) groups excluding carboxylic acids is 1. The minimum absolute atomic E-state index is 0.0226. The van der Waals surface area contributed by atoms with Gasteiger partial charge in [0.25, 0.3) is 0 Å². The van der Waals surface area contributed by atoms with Crippen LogP contribution in [-0.2, 0) is 9.53 Å². The molecular formula is C23H23NO6S. The second kappa shape index (κ2) is 9.61. The summed E-state index contributed by atoms with van der Waals surface area (Å²) in [6.07, 6.45) is 1.53. The molecule has 8 heteroatoms. The van der Waals surface area contributed by atoms with E-state index in [0.29, 0.717) is 32.7 Å². The molecule has 0 spiro atoms. The molecule has 0 unspecified atom stereocenters. The first-order valence-electron chi connectivity index (χ1n) is 9.48. The van der Waals surface area contributed by atoms with Crippen LogP contribution in [0.15, 0.2) is 57.6 Å². The number of aliphatic hydroxyl groups is 1. The molecule has 2 aromatic rings. The number of phenolic OH excluding ortho intramolecular Hbond substituents is 1. The quantitative estimate of drug-likeness (QED) is 0.615. The van der Waals surface area contributed by atoms with Crippen LogP contribution in [0.5, 0.6) is 17.2 Å². The van der Waals surface area contributed by atoms with Gasteiger partial charge in [-0.25, -0.2) is 9.79 Å². The highest BCUT2D eigenvalue weighted by Crippen LogP contribution is 2.43. The molecule has 0 aliphatic carbocycles. The number of nitrogens with zero attached hydrogens (tertiary/aromatic N) is 1. The molecule has 1 heterocycles. The number of esters is 1. The van der Waals surface area contributed by atoms with Crippen molar-refractivity contribution in [1.82, 2.24) is 0 Å². The van der Waals surface area contributed by atoms with Crippen molar-refractivity contribution in [3.8, 4) is 17.2 Å². The van der Waals surface area contributed by atoms with Gasteiger partial charge in [-0.3, -0.25) is 0 Å². The summed E-state index contributed by atoms with van der Waals surface area (Å²) in [5.74, 6) is -0.276. The monoisotopic (exact) mass is 441 g/mol. The van der Waals surface area contributed by atoms with Gasteiger partial charge in [0, 0.05) is 12.1 Å². The van der Waals surface area contributed by atoms with E-state index in [1.54, 1.807) is 13.0 Å². The molecule has 0 radical (unpaired) electrons. The minimum atomic E-state index is -0.673. The smallest absolute Gasteiger partial charge is 0.344 e. The Morgan fingerprint density at radius 2 is 1.84 bits per heavy atom. The Morgan fingerprint density at radius 1 is 1.13 bits per heavy atom. The Morgan fingerprint density at radius 3 is 2.45 bits per heavy atom. The molecule has 0 saturated heterocycles. The van der Waals surface area contributed by atoms with E-state index in [1.807, 2.05) is 31.2 Å². The highest BCUT2D eigenvalue weighted by Gasteiger charge is 2.33. The number of hydrogen-bond donors (Lipinski definition) is 2. The number of aliphatic imine (C=N–C) groups is 1. The normalized spacial score (nSPS) is 16.1. The summed E-state index contributed by atoms with van der Waals surface area (Å²) in [6, 6.07) is 10.5. The van der Waals surface area contributed by atoms with Crippen LogP contribution in [0.1, 0.15) is 18.1 Å². The predicted molar refractivity (Wildman–Crippen MR) is 121 cm³/mol. The minimum Gasteiger partial charge on any atom is -0.507 e. The number of methoxy groups -OCH3 is 2. The Hall–Kier alpha value is -3.39. The van der Waals surface area contributed by atoms with Crippen molar-refractivity contribution in [1.29, 1.82) is 0 Å². The second-order valence-corrected chi connectivity index (χ2v) is 7.60. The molecule has 1 aliphatic heterocycles. The van der Waals surface area contributed by atoms with Gasteiger partial charge in [-0.15, -0.1) is 0 Å². The highest BCUT2D eigenvalue weighted by molar-refractivity contribution is 8.18. The summed E-state index contributed by atoms with van der Waals surface area (Å²) in [4.78, 5) is 17.4. The van der Waals surface area contributed by atoms with Crippen LogP contribution in [0.4, 0.5) is 5.69 Å². The average Bonchev–Trinajstić information content (AvgIpc) is 3.05. The van der Waals surface area contributed by atoms with E-state index in [9.17, 15) is 15.0 Å². The number of aliphatic hydroxyl groups excluding tert-OH is 1. The van der Waals surface area contributed by atoms with E-state index in [1.165, 1.54) is 26.4 Å². The fourth-order valence-corrected chi connectivity index (χ4v) is 3.90. The molecule has 0 amide bonds. The van der Waals surface area contributed by atoms with Gasteiger partial charge in [0.05, 0.1) is 37.0 Å². The van der Waals surface area contributed by atoms with Crippen LogP contribution in [-0.4, -0.2) is 42.1 Å². The van der Waals surface area contributed by atoms with Crippen molar-refractivity contribution in [2.24, 2.45) is 4.99 Å². The summed E-state index contributed by atoms with van der Waals surface area (Å²) >= 11 is 1.10. The molecular weight excluding hydrogens is 418 g/mol. The maximum atomic E-state index is 12.5. The van der Waals surface area contributed by atoms with Crippen LogP contribution < -0.4 is 9.47 Å². The third kappa shape index (κ3) is 4.86. The molecule has 0 atom stereocenters.